The minimum absolute atomic E-state index is 0.0252. The lowest BCUT2D eigenvalue weighted by Crippen LogP contribution is -2.33. The number of anilines is 2. The average molecular weight is 453 g/mol. The summed E-state index contributed by atoms with van der Waals surface area (Å²) in [4.78, 5) is 23.8. The predicted octanol–water partition coefficient (Wildman–Crippen LogP) is 2.66. The molecule has 1 aliphatic heterocycles. The second kappa shape index (κ2) is 8.79. The van der Waals surface area contributed by atoms with Crippen LogP contribution in [0.1, 0.15) is 10.4 Å². The van der Waals surface area contributed by atoms with E-state index in [1.807, 2.05) is 4.90 Å². The fraction of sp³-hybridized carbons (Fsp3) is 0.278. The summed E-state index contributed by atoms with van der Waals surface area (Å²) in [7, 11) is -2.95. The van der Waals surface area contributed by atoms with E-state index in [9.17, 15) is 28.4 Å². The molecule has 12 heteroatoms. The van der Waals surface area contributed by atoms with Crippen LogP contribution in [0.2, 0.25) is 0 Å². The lowest BCUT2D eigenvalue weighted by molar-refractivity contribution is -0.386. The minimum Gasteiger partial charge on any atom is -0.490 e. The summed E-state index contributed by atoms with van der Waals surface area (Å²) in [6.07, 6.45) is 0. The molecular formula is C18H19N3O7S2. The molecular weight excluding hydrogens is 434 g/mol. The minimum atomic E-state index is -4.19. The highest BCUT2D eigenvalue weighted by Crippen LogP contribution is 2.31. The molecule has 0 bridgehead atoms. The van der Waals surface area contributed by atoms with Gasteiger partial charge in [0.05, 0.1) is 28.2 Å². The summed E-state index contributed by atoms with van der Waals surface area (Å²) in [5, 5.41) is 20.8. The highest BCUT2D eigenvalue weighted by molar-refractivity contribution is 7.99. The molecule has 2 aromatic rings. The maximum atomic E-state index is 12.7. The van der Waals surface area contributed by atoms with Crippen LogP contribution in [0.3, 0.4) is 0 Å². The first-order valence-corrected chi connectivity index (χ1v) is 11.4. The number of ether oxygens (including phenoxy) is 1. The van der Waals surface area contributed by atoms with Crippen LogP contribution in [-0.4, -0.2) is 56.1 Å². The van der Waals surface area contributed by atoms with Crippen LogP contribution >= 0.6 is 11.8 Å². The van der Waals surface area contributed by atoms with E-state index in [-0.39, 0.29) is 21.9 Å². The smallest absolute Gasteiger partial charge is 0.337 e. The van der Waals surface area contributed by atoms with E-state index in [0.29, 0.717) is 18.8 Å². The number of thioether (sulfide) groups is 1. The Labute approximate surface area is 177 Å². The molecule has 1 saturated heterocycles. The van der Waals surface area contributed by atoms with Gasteiger partial charge < -0.3 is 14.7 Å². The van der Waals surface area contributed by atoms with E-state index in [1.165, 1.54) is 31.4 Å². The van der Waals surface area contributed by atoms with Crippen molar-refractivity contribution in [3.8, 4) is 5.75 Å². The number of carboxylic acids is 1. The standard InChI is InChI=1S/C18H19N3O7S2/c1-28-17-5-3-13(11-16(17)21(24)25)30(26,27)19-12-2-4-15(14(10-12)18(22)23)20-6-8-29-9-7-20/h2-5,10-11,19H,6-9H2,1H3,(H,22,23). The Kier molecular flexibility index (Phi) is 6.37. The molecule has 0 amide bonds. The summed E-state index contributed by atoms with van der Waals surface area (Å²) in [6.45, 7) is 1.40. The van der Waals surface area contributed by atoms with Crippen LogP contribution in [0, 0.1) is 10.1 Å². The monoisotopic (exact) mass is 453 g/mol. The Bertz CT molecular complexity index is 1080. The first-order chi connectivity index (χ1) is 14.2. The molecule has 0 aromatic heterocycles. The quantitative estimate of drug-likeness (QED) is 0.478. The number of nitro benzene ring substituents is 1. The largest absolute Gasteiger partial charge is 0.490 e. The molecule has 0 spiro atoms. The molecule has 160 valence electrons. The maximum absolute atomic E-state index is 12.7. The average Bonchev–Trinajstić information content (AvgIpc) is 2.73. The lowest BCUT2D eigenvalue weighted by atomic mass is 10.1. The summed E-state index contributed by atoms with van der Waals surface area (Å²) in [5.74, 6) is 0.508. The van der Waals surface area contributed by atoms with Crippen molar-refractivity contribution < 1.29 is 28.0 Å². The van der Waals surface area contributed by atoms with Crippen molar-refractivity contribution in [3.63, 3.8) is 0 Å². The Hall–Kier alpha value is -2.99. The fourth-order valence-corrected chi connectivity index (χ4v) is 5.02. The van der Waals surface area contributed by atoms with E-state index in [2.05, 4.69) is 4.72 Å². The molecule has 3 rings (SSSR count). The first-order valence-electron chi connectivity index (χ1n) is 8.78. The van der Waals surface area contributed by atoms with Gasteiger partial charge in [-0.2, -0.15) is 11.8 Å². The maximum Gasteiger partial charge on any atom is 0.337 e. The van der Waals surface area contributed by atoms with E-state index in [4.69, 9.17) is 4.74 Å². The van der Waals surface area contributed by atoms with Gasteiger partial charge in [-0.1, -0.05) is 0 Å². The molecule has 1 fully saturated rings. The number of benzene rings is 2. The number of aromatic carboxylic acids is 1. The number of hydrogen-bond acceptors (Lipinski definition) is 8. The van der Waals surface area contributed by atoms with Crippen molar-refractivity contribution in [1.29, 1.82) is 0 Å². The number of carbonyl (C=O) groups is 1. The molecule has 30 heavy (non-hydrogen) atoms. The van der Waals surface area contributed by atoms with Crippen LogP contribution in [0.15, 0.2) is 41.3 Å². The number of nitrogens with one attached hydrogen (secondary N) is 1. The number of hydrogen-bond donors (Lipinski definition) is 2. The molecule has 2 aromatic carbocycles. The van der Waals surface area contributed by atoms with Gasteiger partial charge in [0.15, 0.2) is 5.75 Å². The van der Waals surface area contributed by atoms with Gasteiger partial charge in [0.25, 0.3) is 10.0 Å². The zero-order valence-corrected chi connectivity index (χ0v) is 17.5. The van der Waals surface area contributed by atoms with Crippen LogP contribution in [0.4, 0.5) is 17.1 Å². The fourth-order valence-electron chi connectivity index (χ4n) is 3.04. The Morgan fingerprint density at radius 2 is 1.93 bits per heavy atom. The van der Waals surface area contributed by atoms with E-state index in [1.54, 1.807) is 17.8 Å². The number of sulfonamides is 1. The van der Waals surface area contributed by atoms with Crippen molar-refractivity contribution in [1.82, 2.24) is 0 Å². The van der Waals surface area contributed by atoms with Crippen LogP contribution in [0.25, 0.3) is 0 Å². The molecule has 1 heterocycles. The topological polar surface area (TPSA) is 139 Å². The van der Waals surface area contributed by atoms with Gasteiger partial charge in [-0.3, -0.25) is 14.8 Å². The number of nitro groups is 1. The van der Waals surface area contributed by atoms with Gasteiger partial charge >= 0.3 is 11.7 Å². The summed E-state index contributed by atoms with van der Waals surface area (Å²) < 4.78 is 32.6. The van der Waals surface area contributed by atoms with Gasteiger partial charge in [-0.25, -0.2) is 13.2 Å². The highest BCUT2D eigenvalue weighted by Gasteiger charge is 2.24. The van der Waals surface area contributed by atoms with E-state index < -0.39 is 26.6 Å². The van der Waals surface area contributed by atoms with Crippen molar-refractivity contribution in [2.24, 2.45) is 0 Å². The Morgan fingerprint density at radius 3 is 2.53 bits per heavy atom. The second-order valence-corrected chi connectivity index (χ2v) is 9.24. The van der Waals surface area contributed by atoms with Crippen LogP contribution < -0.4 is 14.4 Å². The molecule has 10 nitrogen and oxygen atoms in total. The highest BCUT2D eigenvalue weighted by atomic mass is 32.2. The van der Waals surface area contributed by atoms with Gasteiger partial charge in [-0.15, -0.1) is 0 Å². The molecule has 1 aliphatic rings. The predicted molar refractivity (Wildman–Crippen MR) is 113 cm³/mol. The summed E-state index contributed by atoms with van der Waals surface area (Å²) in [6, 6.07) is 7.53. The van der Waals surface area contributed by atoms with E-state index >= 15 is 0 Å². The van der Waals surface area contributed by atoms with Crippen molar-refractivity contribution in [3.05, 3.63) is 52.1 Å². The third-order valence-electron chi connectivity index (χ3n) is 4.49. The molecule has 0 atom stereocenters. The summed E-state index contributed by atoms with van der Waals surface area (Å²) in [5.41, 5.74) is 0.0413. The number of carboxylic acid groups (broad SMARTS) is 1. The molecule has 2 N–H and O–H groups in total. The van der Waals surface area contributed by atoms with Crippen LogP contribution in [0.5, 0.6) is 5.75 Å². The molecule has 0 radical (unpaired) electrons. The molecule has 0 aliphatic carbocycles. The van der Waals surface area contributed by atoms with Crippen molar-refractivity contribution in [2.75, 3.05) is 41.3 Å². The van der Waals surface area contributed by atoms with Gasteiger partial charge in [0.2, 0.25) is 0 Å². The second-order valence-electron chi connectivity index (χ2n) is 6.33. The van der Waals surface area contributed by atoms with E-state index in [0.717, 1.165) is 17.6 Å². The lowest BCUT2D eigenvalue weighted by Gasteiger charge is -2.29. The summed E-state index contributed by atoms with van der Waals surface area (Å²) >= 11 is 1.78. The number of nitrogens with zero attached hydrogens (tertiary/aromatic N) is 2. The Morgan fingerprint density at radius 1 is 1.23 bits per heavy atom. The van der Waals surface area contributed by atoms with Gasteiger partial charge in [0, 0.05) is 36.3 Å². The number of methoxy groups -OCH3 is 1. The zero-order chi connectivity index (χ0) is 21.9. The molecule has 0 saturated carbocycles. The third kappa shape index (κ3) is 4.60. The van der Waals surface area contributed by atoms with Crippen molar-refractivity contribution in [2.45, 2.75) is 4.90 Å². The zero-order valence-electron chi connectivity index (χ0n) is 15.9. The van der Waals surface area contributed by atoms with Gasteiger partial charge in [0.1, 0.15) is 0 Å². The SMILES string of the molecule is COc1ccc(S(=O)(=O)Nc2ccc(N3CCSCC3)c(C(=O)O)c2)cc1[N+](=O)[O-]. The number of rotatable bonds is 7. The van der Waals surface area contributed by atoms with Crippen LogP contribution in [-0.2, 0) is 10.0 Å². The first kappa shape index (κ1) is 21.7. The third-order valence-corrected chi connectivity index (χ3v) is 6.81. The van der Waals surface area contributed by atoms with Crippen molar-refractivity contribution >= 4 is 44.8 Å². The molecule has 0 unspecified atom stereocenters. The Balaban J connectivity index is 1.93. The van der Waals surface area contributed by atoms with Gasteiger partial charge in [-0.05, 0) is 30.3 Å². The normalized spacial score (nSPS) is 14.2.